The summed E-state index contributed by atoms with van der Waals surface area (Å²) in [6.45, 7) is 1.69. The molecule has 3 aliphatic rings. The van der Waals surface area contributed by atoms with E-state index in [1.54, 1.807) is 25.9 Å². The Balaban J connectivity index is 1.18. The summed E-state index contributed by atoms with van der Waals surface area (Å²) in [6.07, 6.45) is -0.251. The number of fused-ring (bicyclic) bond motifs is 2. The predicted octanol–water partition coefficient (Wildman–Crippen LogP) is 0.419. The van der Waals surface area contributed by atoms with Gasteiger partial charge in [0.25, 0.3) is 11.8 Å². The van der Waals surface area contributed by atoms with Crippen LogP contribution in [0.25, 0.3) is 0 Å². The van der Waals surface area contributed by atoms with Gasteiger partial charge in [-0.15, -0.1) is 0 Å². The van der Waals surface area contributed by atoms with Crippen LogP contribution < -0.4 is 25.6 Å². The van der Waals surface area contributed by atoms with Crippen molar-refractivity contribution in [2.75, 3.05) is 55.9 Å². The summed E-state index contributed by atoms with van der Waals surface area (Å²) in [6, 6.07) is 0.369. The molecule has 4 N–H and O–H groups in total. The fourth-order valence-corrected chi connectivity index (χ4v) is 4.77. The van der Waals surface area contributed by atoms with Crippen LogP contribution in [0, 0.1) is 11.6 Å². The number of carbonyl (C=O) groups excluding carboxylic acids is 3. The minimum atomic E-state index is -1.49. The number of benzene rings is 1. The van der Waals surface area contributed by atoms with Crippen molar-refractivity contribution in [2.45, 2.75) is 37.5 Å². The van der Waals surface area contributed by atoms with Crippen molar-refractivity contribution >= 4 is 35.2 Å². The highest BCUT2D eigenvalue weighted by Crippen LogP contribution is 2.37. The molecule has 3 amide bonds. The zero-order valence-corrected chi connectivity index (χ0v) is 22.1. The molecule has 0 saturated carbocycles. The Morgan fingerprint density at radius 1 is 1.32 bits per heavy atom. The Bertz CT molecular complexity index is 1380. The smallest absolute Gasteiger partial charge is 0.416 e. The molecule has 2 aromatic rings. The predicted molar refractivity (Wildman–Crippen MR) is 137 cm³/mol. The molecule has 5 rings (SSSR count). The average molecular weight is 562 g/mol. The number of amides is 3. The lowest BCUT2D eigenvalue weighted by Gasteiger charge is -2.23. The van der Waals surface area contributed by atoms with Gasteiger partial charge in [0.1, 0.15) is 17.7 Å². The van der Waals surface area contributed by atoms with Crippen molar-refractivity contribution < 1.29 is 37.7 Å². The Hall–Kier alpha value is -3.95. The SMILES string of the molecule is C[C@H](C(=O)Nc1cc(F)c2c(c1F)CC(O)(CNCC1CN(c3cnc4c(n3)NC(=O)CO4)C(=O)O1)C2)N(C)C. The van der Waals surface area contributed by atoms with Crippen LogP contribution in [0.5, 0.6) is 5.88 Å². The molecule has 3 atom stereocenters. The van der Waals surface area contributed by atoms with Crippen LogP contribution >= 0.6 is 0 Å². The second kappa shape index (κ2) is 10.6. The number of ether oxygens (including phenoxy) is 2. The molecule has 0 bridgehead atoms. The number of carbonyl (C=O) groups is 3. The summed E-state index contributed by atoms with van der Waals surface area (Å²) in [5.74, 6) is -1.97. The molecule has 214 valence electrons. The number of rotatable bonds is 8. The van der Waals surface area contributed by atoms with Gasteiger partial charge in [0.2, 0.25) is 5.91 Å². The number of nitrogens with one attached hydrogen (secondary N) is 3. The number of cyclic esters (lactones) is 1. The van der Waals surface area contributed by atoms with Gasteiger partial charge in [-0.3, -0.25) is 19.4 Å². The van der Waals surface area contributed by atoms with Crippen LogP contribution in [0.2, 0.25) is 0 Å². The minimum Gasteiger partial charge on any atom is -0.465 e. The van der Waals surface area contributed by atoms with E-state index in [9.17, 15) is 23.9 Å². The number of hydrogen-bond donors (Lipinski definition) is 4. The van der Waals surface area contributed by atoms with Crippen molar-refractivity contribution in [2.24, 2.45) is 0 Å². The van der Waals surface area contributed by atoms with E-state index in [0.717, 1.165) is 6.07 Å². The molecule has 1 aromatic carbocycles. The van der Waals surface area contributed by atoms with E-state index in [1.165, 1.54) is 11.1 Å². The second-order valence-electron chi connectivity index (χ2n) is 10.3. The Morgan fingerprint density at radius 3 is 2.83 bits per heavy atom. The first-order valence-corrected chi connectivity index (χ1v) is 12.6. The number of hydrogen-bond acceptors (Lipinski definition) is 10. The largest absolute Gasteiger partial charge is 0.465 e. The summed E-state index contributed by atoms with van der Waals surface area (Å²) in [7, 11) is 3.39. The van der Waals surface area contributed by atoms with Crippen LogP contribution in [0.1, 0.15) is 18.1 Å². The number of halogens is 2. The molecule has 1 saturated heterocycles. The highest BCUT2D eigenvalue weighted by molar-refractivity contribution is 5.95. The summed E-state index contributed by atoms with van der Waals surface area (Å²) in [5, 5.41) is 19.1. The van der Waals surface area contributed by atoms with E-state index in [1.807, 2.05) is 0 Å². The molecular formula is C25H29F2N7O6. The van der Waals surface area contributed by atoms with Gasteiger partial charge in [-0.1, -0.05) is 0 Å². The van der Waals surface area contributed by atoms with Gasteiger partial charge < -0.3 is 30.5 Å². The molecule has 0 radical (unpaired) electrons. The molecule has 40 heavy (non-hydrogen) atoms. The van der Waals surface area contributed by atoms with Crippen LogP contribution in [0.15, 0.2) is 12.3 Å². The van der Waals surface area contributed by atoms with E-state index in [2.05, 4.69) is 25.9 Å². The van der Waals surface area contributed by atoms with Crippen molar-refractivity contribution in [3.8, 4) is 5.88 Å². The van der Waals surface area contributed by atoms with E-state index >= 15 is 4.39 Å². The molecule has 2 unspecified atom stereocenters. The molecule has 13 nitrogen and oxygen atoms in total. The molecule has 15 heteroatoms. The normalized spacial score (nSPS) is 22.4. The molecule has 1 aromatic heterocycles. The van der Waals surface area contributed by atoms with Crippen LogP contribution in [-0.2, 0) is 27.2 Å². The molecule has 2 aliphatic heterocycles. The standard InChI is InChI=1S/C25H29F2N7O6/c1-12(33(2)3)22(36)30-17-4-16(26)14-5-25(38,6-15(14)20(17)27)11-28-7-13-9-34(24(37)40-13)18-8-29-23-21(31-18)32-19(35)10-39-23/h4,8,12-13,28,38H,5-7,9-11H2,1-3H3,(H,30,36)(H,31,32,35)/t12-,13?,25?/m1/s1. The zero-order chi connectivity index (χ0) is 28.8. The maximum atomic E-state index is 15.2. The number of aromatic nitrogens is 2. The summed E-state index contributed by atoms with van der Waals surface area (Å²) >= 11 is 0. The van der Waals surface area contributed by atoms with Crippen molar-refractivity contribution in [3.63, 3.8) is 0 Å². The Labute approximate surface area is 227 Å². The van der Waals surface area contributed by atoms with Crippen molar-refractivity contribution in [3.05, 3.63) is 35.0 Å². The fourth-order valence-electron chi connectivity index (χ4n) is 4.77. The number of nitrogens with zero attached hydrogens (tertiary/aromatic N) is 4. The van der Waals surface area contributed by atoms with Gasteiger partial charge in [0.05, 0.1) is 30.1 Å². The molecule has 1 fully saturated rings. The van der Waals surface area contributed by atoms with Gasteiger partial charge in [0.15, 0.2) is 18.2 Å². The number of anilines is 3. The van der Waals surface area contributed by atoms with Crippen molar-refractivity contribution in [1.82, 2.24) is 20.2 Å². The average Bonchev–Trinajstić information content (AvgIpc) is 3.46. The van der Waals surface area contributed by atoms with Gasteiger partial charge in [-0.05, 0) is 32.1 Å². The Kier molecular flexibility index (Phi) is 7.29. The molecule has 3 heterocycles. The first kappa shape index (κ1) is 27.6. The number of likely N-dealkylation sites (N-methyl/N-ethyl adjacent to an activating group) is 1. The van der Waals surface area contributed by atoms with E-state index in [0.29, 0.717) is 0 Å². The van der Waals surface area contributed by atoms with E-state index in [4.69, 9.17) is 9.47 Å². The van der Waals surface area contributed by atoms with Gasteiger partial charge >= 0.3 is 6.09 Å². The van der Waals surface area contributed by atoms with Crippen LogP contribution in [0.3, 0.4) is 0 Å². The summed E-state index contributed by atoms with van der Waals surface area (Å²) in [5.41, 5.74) is -1.70. The zero-order valence-electron chi connectivity index (χ0n) is 22.1. The van der Waals surface area contributed by atoms with E-state index in [-0.39, 0.29) is 73.4 Å². The molecule has 1 aliphatic carbocycles. The third kappa shape index (κ3) is 5.39. The highest BCUT2D eigenvalue weighted by atomic mass is 19.1. The van der Waals surface area contributed by atoms with Gasteiger partial charge in [0, 0.05) is 32.0 Å². The molecule has 0 spiro atoms. The van der Waals surface area contributed by atoms with Gasteiger partial charge in [-0.2, -0.15) is 0 Å². The summed E-state index contributed by atoms with van der Waals surface area (Å²) < 4.78 is 40.6. The van der Waals surface area contributed by atoms with E-state index < -0.39 is 47.3 Å². The van der Waals surface area contributed by atoms with Crippen LogP contribution in [-0.4, -0.2) is 96.0 Å². The summed E-state index contributed by atoms with van der Waals surface area (Å²) in [4.78, 5) is 47.5. The third-order valence-corrected chi connectivity index (χ3v) is 7.15. The quantitative estimate of drug-likeness (QED) is 0.356. The fraction of sp³-hybridized carbons (Fsp3) is 0.480. The number of aliphatic hydroxyl groups is 1. The third-order valence-electron chi connectivity index (χ3n) is 7.15. The Morgan fingerprint density at radius 2 is 2.08 bits per heavy atom. The second-order valence-corrected chi connectivity index (χ2v) is 10.3. The topological polar surface area (TPSA) is 158 Å². The van der Waals surface area contributed by atoms with Crippen molar-refractivity contribution in [1.29, 1.82) is 0 Å². The lowest BCUT2D eigenvalue weighted by molar-refractivity contribution is -0.120. The minimum absolute atomic E-state index is 0.0117. The monoisotopic (exact) mass is 561 g/mol. The molecular weight excluding hydrogens is 532 g/mol. The lowest BCUT2D eigenvalue weighted by Crippen LogP contribution is -2.44. The maximum Gasteiger partial charge on any atom is 0.416 e. The van der Waals surface area contributed by atoms with Crippen LogP contribution in [0.4, 0.5) is 30.9 Å². The lowest BCUT2D eigenvalue weighted by atomic mass is 10.0. The maximum absolute atomic E-state index is 15.2. The van der Waals surface area contributed by atoms with Gasteiger partial charge in [-0.25, -0.2) is 23.5 Å². The first-order valence-electron chi connectivity index (χ1n) is 12.6. The highest BCUT2D eigenvalue weighted by Gasteiger charge is 2.40. The first-order chi connectivity index (χ1) is 18.9.